The fourth-order valence-corrected chi connectivity index (χ4v) is 3.93. The number of carbonyl (C=O) groups is 1. The largest absolute Gasteiger partial charge is 0.332 e. The van der Waals surface area contributed by atoms with Crippen molar-refractivity contribution in [2.75, 3.05) is 0 Å². The lowest BCUT2D eigenvalue weighted by Crippen LogP contribution is -2.37. The van der Waals surface area contributed by atoms with E-state index in [0.29, 0.717) is 15.9 Å². The zero-order valence-corrected chi connectivity index (χ0v) is 17.8. The van der Waals surface area contributed by atoms with Crippen LogP contribution in [0.25, 0.3) is 11.2 Å². The molecule has 2 heterocycles. The average molecular weight is 433 g/mol. The number of rotatable bonds is 3. The minimum atomic E-state index is -0.487. The Kier molecular flexibility index (Phi) is 4.71. The molecule has 0 spiro atoms. The smallest absolute Gasteiger partial charge is 0.296 e. The van der Waals surface area contributed by atoms with Crippen LogP contribution in [0.5, 0.6) is 0 Å². The van der Waals surface area contributed by atoms with Crippen LogP contribution in [0.2, 0.25) is 0 Å². The highest BCUT2D eigenvalue weighted by atomic mass is 79.9. The minimum Gasteiger partial charge on any atom is -0.296 e. The van der Waals surface area contributed by atoms with Gasteiger partial charge in [-0.15, -0.1) is 0 Å². The number of carbonyl (C=O) groups excluding carboxylic acids is 1. The number of fused-ring (bicyclic) bond motifs is 1. The van der Waals surface area contributed by atoms with Crippen molar-refractivity contribution in [2.24, 2.45) is 14.1 Å². The van der Waals surface area contributed by atoms with E-state index < -0.39 is 11.2 Å². The summed E-state index contributed by atoms with van der Waals surface area (Å²) in [6, 6.07) is 2.07. The first-order chi connectivity index (χ1) is 12.6. The molecule has 0 aliphatic carbocycles. The summed E-state index contributed by atoms with van der Waals surface area (Å²) < 4.78 is 4.25. The molecule has 0 bridgehead atoms. The first kappa shape index (κ1) is 19.3. The third-order valence-electron chi connectivity index (χ3n) is 5.24. The van der Waals surface area contributed by atoms with Gasteiger partial charge in [-0.25, -0.2) is 9.78 Å². The molecule has 3 rings (SSSR count). The van der Waals surface area contributed by atoms with Gasteiger partial charge in [-0.05, 0) is 65.9 Å². The number of imidazole rings is 1. The van der Waals surface area contributed by atoms with Gasteiger partial charge in [0, 0.05) is 19.7 Å². The summed E-state index contributed by atoms with van der Waals surface area (Å²) in [6.45, 7) is 7.80. The quantitative estimate of drug-likeness (QED) is 0.469. The maximum absolute atomic E-state index is 13.2. The number of halogens is 1. The van der Waals surface area contributed by atoms with Crippen molar-refractivity contribution in [3.63, 3.8) is 0 Å². The molecule has 27 heavy (non-hydrogen) atoms. The standard InChI is InChI=1S/C19H21BrN4O3/c1-9-7-10(2)12(4)14(11(9)3)13(25)8-24-16-15(21-18(24)20)17(26)23(6)19(27)22(16)5/h7H,8H2,1-6H3. The summed E-state index contributed by atoms with van der Waals surface area (Å²) in [5.41, 5.74) is 4.17. The van der Waals surface area contributed by atoms with Crippen molar-refractivity contribution in [3.8, 4) is 0 Å². The van der Waals surface area contributed by atoms with Crippen LogP contribution >= 0.6 is 15.9 Å². The van der Waals surface area contributed by atoms with E-state index in [1.807, 2.05) is 27.7 Å². The molecule has 0 radical (unpaired) electrons. The summed E-state index contributed by atoms with van der Waals surface area (Å²) in [5, 5.41) is 0. The maximum atomic E-state index is 13.2. The topological polar surface area (TPSA) is 78.9 Å². The predicted octanol–water partition coefficient (Wildman–Crippen LogP) is 2.31. The normalized spacial score (nSPS) is 11.4. The van der Waals surface area contributed by atoms with Crippen LogP contribution in [0.1, 0.15) is 32.6 Å². The van der Waals surface area contributed by atoms with Gasteiger partial charge < -0.3 is 0 Å². The van der Waals surface area contributed by atoms with E-state index in [0.717, 1.165) is 26.8 Å². The van der Waals surface area contributed by atoms with E-state index in [-0.39, 0.29) is 17.8 Å². The second kappa shape index (κ2) is 6.60. The van der Waals surface area contributed by atoms with Crippen molar-refractivity contribution < 1.29 is 4.79 Å². The number of hydrogen-bond donors (Lipinski definition) is 0. The Bertz CT molecular complexity index is 1200. The highest BCUT2D eigenvalue weighted by molar-refractivity contribution is 9.10. The van der Waals surface area contributed by atoms with Crippen LogP contribution < -0.4 is 11.2 Å². The molecule has 0 saturated heterocycles. The number of hydrogen-bond acceptors (Lipinski definition) is 4. The predicted molar refractivity (Wildman–Crippen MR) is 108 cm³/mol. The lowest BCUT2D eigenvalue weighted by atomic mass is 9.91. The Morgan fingerprint density at radius 3 is 2.15 bits per heavy atom. The first-order valence-electron chi connectivity index (χ1n) is 8.48. The lowest BCUT2D eigenvalue weighted by molar-refractivity contribution is 0.0971. The van der Waals surface area contributed by atoms with Crippen LogP contribution in [0.4, 0.5) is 0 Å². The van der Waals surface area contributed by atoms with Crippen molar-refractivity contribution >= 4 is 32.9 Å². The van der Waals surface area contributed by atoms with Gasteiger partial charge >= 0.3 is 5.69 Å². The lowest BCUT2D eigenvalue weighted by Gasteiger charge is -2.15. The van der Waals surface area contributed by atoms with E-state index in [4.69, 9.17) is 0 Å². The SMILES string of the molecule is Cc1cc(C)c(C)c(C(=O)Cn2c(Br)nc3c(=O)n(C)c(=O)n(C)c32)c1C. The number of Topliss-reactive ketones (excluding diaryl/α,β-unsaturated/α-hetero) is 1. The summed E-state index contributed by atoms with van der Waals surface area (Å²) in [6.07, 6.45) is 0. The summed E-state index contributed by atoms with van der Waals surface area (Å²) >= 11 is 3.33. The fraction of sp³-hybridized carbons (Fsp3) is 0.368. The average Bonchev–Trinajstić information content (AvgIpc) is 2.93. The van der Waals surface area contributed by atoms with E-state index in [1.54, 1.807) is 11.6 Å². The Morgan fingerprint density at radius 2 is 1.59 bits per heavy atom. The van der Waals surface area contributed by atoms with Crippen LogP contribution in [0, 0.1) is 27.7 Å². The van der Waals surface area contributed by atoms with Gasteiger partial charge in [0.1, 0.15) is 0 Å². The van der Waals surface area contributed by atoms with Crippen molar-refractivity contribution in [1.29, 1.82) is 0 Å². The molecule has 0 saturated carbocycles. The molecule has 0 fully saturated rings. The van der Waals surface area contributed by atoms with Gasteiger partial charge in [0.25, 0.3) is 5.56 Å². The molecule has 0 atom stereocenters. The van der Waals surface area contributed by atoms with E-state index in [1.165, 1.54) is 11.6 Å². The number of ketones is 1. The van der Waals surface area contributed by atoms with Crippen molar-refractivity contribution in [3.05, 3.63) is 59.5 Å². The minimum absolute atomic E-state index is 0.0257. The molecule has 0 amide bonds. The van der Waals surface area contributed by atoms with Crippen LogP contribution in [-0.4, -0.2) is 24.5 Å². The van der Waals surface area contributed by atoms with Gasteiger partial charge in [-0.2, -0.15) is 0 Å². The molecular formula is C19H21BrN4O3. The molecule has 7 nitrogen and oxygen atoms in total. The molecule has 0 aliphatic heterocycles. The number of aryl methyl sites for hydroxylation is 3. The summed E-state index contributed by atoms with van der Waals surface area (Å²) in [5.74, 6) is -0.0927. The molecular weight excluding hydrogens is 412 g/mol. The van der Waals surface area contributed by atoms with Crippen LogP contribution in [-0.2, 0) is 20.6 Å². The number of benzene rings is 1. The van der Waals surface area contributed by atoms with Gasteiger partial charge in [-0.1, -0.05) is 6.07 Å². The second-order valence-corrected chi connectivity index (χ2v) is 7.61. The third kappa shape index (κ3) is 2.88. The summed E-state index contributed by atoms with van der Waals surface area (Å²) in [4.78, 5) is 42.1. The van der Waals surface area contributed by atoms with Crippen LogP contribution in [0.15, 0.2) is 20.4 Å². The third-order valence-corrected chi connectivity index (χ3v) is 5.85. The molecule has 2 aromatic heterocycles. The molecule has 142 valence electrons. The fourth-order valence-electron chi connectivity index (χ4n) is 3.46. The van der Waals surface area contributed by atoms with E-state index >= 15 is 0 Å². The Balaban J connectivity index is 2.23. The monoisotopic (exact) mass is 432 g/mol. The molecule has 0 aliphatic rings. The van der Waals surface area contributed by atoms with Gasteiger partial charge in [0.2, 0.25) is 0 Å². The van der Waals surface area contributed by atoms with Crippen molar-refractivity contribution in [2.45, 2.75) is 34.2 Å². The zero-order valence-electron chi connectivity index (χ0n) is 16.2. The molecule has 3 aromatic rings. The van der Waals surface area contributed by atoms with Crippen LogP contribution in [0.3, 0.4) is 0 Å². The Hall–Kier alpha value is -2.48. The highest BCUT2D eigenvalue weighted by Crippen LogP contribution is 2.24. The Morgan fingerprint density at radius 1 is 1.04 bits per heavy atom. The Labute approximate surface area is 164 Å². The van der Waals surface area contributed by atoms with E-state index in [9.17, 15) is 14.4 Å². The number of nitrogens with zero attached hydrogens (tertiary/aromatic N) is 4. The van der Waals surface area contributed by atoms with Gasteiger partial charge in [0.15, 0.2) is 21.7 Å². The molecule has 1 aromatic carbocycles. The number of aromatic nitrogens is 4. The zero-order chi connectivity index (χ0) is 20.2. The van der Waals surface area contributed by atoms with Gasteiger partial charge in [-0.3, -0.25) is 23.3 Å². The van der Waals surface area contributed by atoms with Crippen molar-refractivity contribution in [1.82, 2.24) is 18.7 Å². The highest BCUT2D eigenvalue weighted by Gasteiger charge is 2.22. The van der Waals surface area contributed by atoms with Gasteiger partial charge in [0.05, 0.1) is 6.54 Å². The maximum Gasteiger partial charge on any atom is 0.332 e. The first-order valence-corrected chi connectivity index (χ1v) is 9.27. The molecule has 8 heteroatoms. The summed E-state index contributed by atoms with van der Waals surface area (Å²) in [7, 11) is 2.97. The second-order valence-electron chi connectivity index (χ2n) is 6.90. The molecule has 0 N–H and O–H groups in total. The molecule has 0 unspecified atom stereocenters. The van der Waals surface area contributed by atoms with E-state index in [2.05, 4.69) is 27.0 Å².